The summed E-state index contributed by atoms with van der Waals surface area (Å²) in [5.74, 6) is -0.835. The topological polar surface area (TPSA) is 99.0 Å². The Kier molecular flexibility index (Phi) is 11.7. The maximum absolute atomic E-state index is 14.4. The second-order valence-corrected chi connectivity index (χ2v) is 12.7. The molecule has 8 nitrogen and oxygen atoms in total. The first kappa shape index (κ1) is 33.6. The van der Waals surface area contributed by atoms with Crippen LogP contribution in [0, 0.1) is 0 Å². The van der Waals surface area contributed by atoms with Gasteiger partial charge < -0.3 is 15.5 Å². The normalized spacial score (nSPS) is 15.0. The second-order valence-electron chi connectivity index (χ2n) is 12.7. The van der Waals surface area contributed by atoms with E-state index in [1.807, 2.05) is 91.7 Å². The molecule has 2 atom stereocenters. The number of nitrogens with zero attached hydrogens (tertiary/aromatic N) is 3. The van der Waals surface area contributed by atoms with Crippen LogP contribution in [0.1, 0.15) is 44.2 Å². The molecule has 0 bridgehead atoms. The van der Waals surface area contributed by atoms with Gasteiger partial charge in [-0.15, -0.1) is 0 Å². The zero-order valence-electron chi connectivity index (χ0n) is 27.0. The van der Waals surface area contributed by atoms with Gasteiger partial charge in [0.25, 0.3) is 5.91 Å². The molecule has 1 aliphatic heterocycles. The van der Waals surface area contributed by atoms with Gasteiger partial charge in [-0.2, -0.15) is 0 Å². The number of amides is 3. The minimum absolute atomic E-state index is 0.235. The Morgan fingerprint density at radius 2 is 1.33 bits per heavy atom. The minimum atomic E-state index is -0.835. The third-order valence-corrected chi connectivity index (χ3v) is 8.26. The minimum Gasteiger partial charge on any atom is -0.332 e. The number of rotatable bonds is 13. The van der Waals surface area contributed by atoms with Crippen LogP contribution in [0.4, 0.5) is 0 Å². The smallest absolute Gasteiger partial charge is 0.257 e. The summed E-state index contributed by atoms with van der Waals surface area (Å²) in [6, 6.07) is 26.2. The highest BCUT2D eigenvalue weighted by Gasteiger charge is 2.35. The molecule has 0 aromatic heterocycles. The number of carbonyl (C=O) groups excluding carboxylic acids is 3. The second kappa shape index (κ2) is 15.6. The Morgan fingerprint density at radius 1 is 0.800 bits per heavy atom. The predicted molar refractivity (Wildman–Crippen MR) is 180 cm³/mol. The highest BCUT2D eigenvalue weighted by atomic mass is 16.2. The lowest BCUT2D eigenvalue weighted by molar-refractivity contribution is -0.147. The van der Waals surface area contributed by atoms with Crippen molar-refractivity contribution in [1.82, 2.24) is 20.2 Å². The van der Waals surface area contributed by atoms with Crippen molar-refractivity contribution in [3.63, 3.8) is 0 Å². The molecular formula is C37H47N5O3. The summed E-state index contributed by atoms with van der Waals surface area (Å²) in [4.78, 5) is 44.5. The van der Waals surface area contributed by atoms with Gasteiger partial charge in [-0.3, -0.25) is 19.8 Å². The average molecular weight is 610 g/mol. The van der Waals surface area contributed by atoms with Crippen LogP contribution >= 0.6 is 0 Å². The number of likely N-dealkylation sites (N-methyl/N-ethyl adjacent to an activating group) is 2. The molecule has 3 aromatic rings. The molecule has 8 heteroatoms. The average Bonchev–Trinajstić information content (AvgIpc) is 3.55. The van der Waals surface area contributed by atoms with Gasteiger partial charge in [0.15, 0.2) is 0 Å². The van der Waals surface area contributed by atoms with Crippen LogP contribution in [0.25, 0.3) is 11.1 Å². The zero-order chi connectivity index (χ0) is 32.4. The van der Waals surface area contributed by atoms with E-state index in [0.717, 1.165) is 48.2 Å². The number of nitrogens with two attached hydrogens (primary N) is 1. The maximum atomic E-state index is 14.4. The molecule has 4 rings (SSSR count). The molecular weight excluding hydrogens is 562 g/mol. The molecule has 238 valence electrons. The SMILES string of the molecule is CN(C(=O)C=CCC(C)(C)N)[C@H](Cc1ccc(-c2ccccc2)cc1)C(=O)N(C)[C@H](Cc1ccccc1)C(=O)NN1CCCC1. The van der Waals surface area contributed by atoms with E-state index in [4.69, 9.17) is 5.73 Å². The lowest BCUT2D eigenvalue weighted by atomic mass is 9.98. The molecule has 1 aliphatic rings. The van der Waals surface area contributed by atoms with E-state index in [2.05, 4.69) is 17.6 Å². The van der Waals surface area contributed by atoms with E-state index in [1.165, 1.54) is 15.9 Å². The van der Waals surface area contributed by atoms with Gasteiger partial charge in [0, 0.05) is 45.6 Å². The van der Waals surface area contributed by atoms with Gasteiger partial charge in [-0.1, -0.05) is 91.0 Å². The molecule has 1 saturated heterocycles. The number of hydrogen-bond acceptors (Lipinski definition) is 5. The van der Waals surface area contributed by atoms with Gasteiger partial charge in [-0.05, 0) is 61.4 Å². The number of nitrogens with one attached hydrogen (secondary N) is 1. The van der Waals surface area contributed by atoms with Crippen molar-refractivity contribution in [2.24, 2.45) is 5.73 Å². The first-order valence-electron chi connectivity index (χ1n) is 15.7. The third-order valence-electron chi connectivity index (χ3n) is 8.26. The molecule has 45 heavy (non-hydrogen) atoms. The third kappa shape index (κ3) is 9.86. The fraction of sp³-hybridized carbons (Fsp3) is 0.378. The molecule has 3 amide bonds. The summed E-state index contributed by atoms with van der Waals surface area (Å²) in [5.41, 5.74) is 12.7. The van der Waals surface area contributed by atoms with Crippen molar-refractivity contribution >= 4 is 17.7 Å². The highest BCUT2D eigenvalue weighted by Crippen LogP contribution is 2.22. The van der Waals surface area contributed by atoms with Gasteiger partial charge in [-0.25, -0.2) is 5.01 Å². The number of hydrogen-bond donors (Lipinski definition) is 2. The molecule has 0 aliphatic carbocycles. The van der Waals surface area contributed by atoms with Crippen LogP contribution in [0.3, 0.4) is 0 Å². The summed E-state index contributed by atoms with van der Waals surface area (Å²) in [5, 5.41) is 1.92. The van der Waals surface area contributed by atoms with Gasteiger partial charge in [0.05, 0.1) is 0 Å². The molecule has 3 N–H and O–H groups in total. The van der Waals surface area contributed by atoms with Crippen LogP contribution in [0.5, 0.6) is 0 Å². The van der Waals surface area contributed by atoms with Crippen LogP contribution in [0.15, 0.2) is 97.1 Å². The Morgan fingerprint density at radius 3 is 1.93 bits per heavy atom. The molecule has 0 unspecified atom stereocenters. The molecule has 0 spiro atoms. The Bertz CT molecular complexity index is 1430. The standard InChI is InChI=1S/C37H47N5O3/c1-37(2,38)23-13-18-34(43)40(3)33(27-29-19-21-31(22-20-29)30-16-9-6-10-17-30)36(45)41(4)32(26-28-14-7-5-8-15-28)35(44)39-42-24-11-12-25-42/h5-10,13-22,32-33H,11-12,23-27,38H2,1-4H3,(H,39,44)/t32-,33-/m1/s1. The molecule has 1 heterocycles. The Labute approximate surface area is 267 Å². The number of benzene rings is 3. The highest BCUT2D eigenvalue weighted by molar-refractivity contribution is 5.95. The number of hydrazine groups is 1. The zero-order valence-corrected chi connectivity index (χ0v) is 27.0. The van der Waals surface area contributed by atoms with Gasteiger partial charge in [0.1, 0.15) is 12.1 Å². The van der Waals surface area contributed by atoms with Crippen molar-refractivity contribution in [2.45, 2.75) is 63.6 Å². The van der Waals surface area contributed by atoms with Crippen LogP contribution < -0.4 is 11.2 Å². The fourth-order valence-corrected chi connectivity index (χ4v) is 5.50. The molecule has 0 saturated carbocycles. The monoisotopic (exact) mass is 609 g/mol. The van der Waals surface area contributed by atoms with E-state index in [1.54, 1.807) is 20.2 Å². The molecule has 0 radical (unpaired) electrons. The Balaban J connectivity index is 1.61. The summed E-state index contributed by atoms with van der Waals surface area (Å²) >= 11 is 0. The fourth-order valence-electron chi connectivity index (χ4n) is 5.50. The number of carbonyl (C=O) groups is 3. The van der Waals surface area contributed by atoms with Crippen molar-refractivity contribution in [2.75, 3.05) is 27.2 Å². The van der Waals surface area contributed by atoms with Crippen molar-refractivity contribution < 1.29 is 14.4 Å². The van der Waals surface area contributed by atoms with E-state index >= 15 is 0 Å². The molecule has 1 fully saturated rings. The van der Waals surface area contributed by atoms with Crippen LogP contribution in [0.2, 0.25) is 0 Å². The summed E-state index contributed by atoms with van der Waals surface area (Å²) in [6.07, 6.45) is 6.43. The van der Waals surface area contributed by atoms with E-state index in [-0.39, 0.29) is 17.7 Å². The molecule has 3 aromatic carbocycles. The predicted octanol–water partition coefficient (Wildman–Crippen LogP) is 4.60. The summed E-state index contributed by atoms with van der Waals surface area (Å²) in [7, 11) is 3.31. The van der Waals surface area contributed by atoms with Crippen molar-refractivity contribution in [1.29, 1.82) is 0 Å². The quantitative estimate of drug-likeness (QED) is 0.276. The summed E-state index contributed by atoms with van der Waals surface area (Å²) in [6.45, 7) is 5.36. The first-order chi connectivity index (χ1) is 21.5. The largest absolute Gasteiger partial charge is 0.332 e. The lowest BCUT2D eigenvalue weighted by Gasteiger charge is -2.35. The Hall–Kier alpha value is -4.27. The van der Waals surface area contributed by atoms with Gasteiger partial charge in [0.2, 0.25) is 11.8 Å². The van der Waals surface area contributed by atoms with Crippen LogP contribution in [-0.4, -0.2) is 77.3 Å². The van der Waals surface area contributed by atoms with E-state index in [0.29, 0.717) is 19.3 Å². The van der Waals surface area contributed by atoms with Crippen LogP contribution in [-0.2, 0) is 27.2 Å². The van der Waals surface area contributed by atoms with Crippen molar-refractivity contribution in [3.05, 3.63) is 108 Å². The summed E-state index contributed by atoms with van der Waals surface area (Å²) < 4.78 is 0. The first-order valence-corrected chi connectivity index (χ1v) is 15.7. The van der Waals surface area contributed by atoms with E-state index < -0.39 is 17.6 Å². The van der Waals surface area contributed by atoms with Gasteiger partial charge >= 0.3 is 0 Å². The lowest BCUT2D eigenvalue weighted by Crippen LogP contribution is -2.57. The van der Waals surface area contributed by atoms with Crippen molar-refractivity contribution in [3.8, 4) is 11.1 Å². The maximum Gasteiger partial charge on any atom is 0.257 e. The van der Waals surface area contributed by atoms with E-state index in [9.17, 15) is 14.4 Å².